The van der Waals surface area contributed by atoms with Gasteiger partial charge in [0.1, 0.15) is 11.6 Å². The van der Waals surface area contributed by atoms with E-state index in [0.29, 0.717) is 5.69 Å². The molecule has 0 saturated carbocycles. The first-order valence-corrected chi connectivity index (χ1v) is 6.64. The molecule has 1 atom stereocenters. The fourth-order valence-electron chi connectivity index (χ4n) is 1.79. The highest BCUT2D eigenvalue weighted by atomic mass is 79.9. The van der Waals surface area contributed by atoms with Crippen LogP contribution in [0.5, 0.6) is 0 Å². The van der Waals surface area contributed by atoms with Gasteiger partial charge >= 0.3 is 0 Å². The molecule has 0 aliphatic heterocycles. The van der Waals surface area contributed by atoms with Gasteiger partial charge in [0.2, 0.25) is 0 Å². The van der Waals surface area contributed by atoms with E-state index in [1.165, 1.54) is 10.9 Å². The lowest BCUT2D eigenvalue weighted by Crippen LogP contribution is -2.20. The topological polar surface area (TPSA) is 43.8 Å². The zero-order valence-corrected chi connectivity index (χ0v) is 12.2. The van der Waals surface area contributed by atoms with Crippen LogP contribution >= 0.6 is 15.9 Å². The van der Waals surface area contributed by atoms with Gasteiger partial charge in [0.05, 0.1) is 28.4 Å². The van der Waals surface area contributed by atoms with E-state index in [1.54, 1.807) is 6.20 Å². The van der Waals surface area contributed by atoms with Gasteiger partial charge in [-0.25, -0.2) is 13.8 Å². The quantitative estimate of drug-likeness (QED) is 0.875. The van der Waals surface area contributed by atoms with E-state index >= 15 is 0 Å². The van der Waals surface area contributed by atoms with E-state index in [4.69, 9.17) is 5.73 Å². The molecule has 2 N–H and O–H groups in total. The van der Waals surface area contributed by atoms with Gasteiger partial charge in [-0.15, -0.1) is 0 Å². The van der Waals surface area contributed by atoms with Gasteiger partial charge in [0.25, 0.3) is 0 Å². The number of rotatable bonds is 3. The van der Waals surface area contributed by atoms with Crippen molar-refractivity contribution in [2.24, 2.45) is 11.7 Å². The van der Waals surface area contributed by atoms with Crippen LogP contribution in [-0.2, 0) is 0 Å². The predicted molar refractivity (Wildman–Crippen MR) is 72.9 cm³/mol. The van der Waals surface area contributed by atoms with Gasteiger partial charge < -0.3 is 5.73 Å². The van der Waals surface area contributed by atoms with Crippen LogP contribution in [-0.4, -0.2) is 9.55 Å². The van der Waals surface area contributed by atoms with E-state index in [2.05, 4.69) is 20.9 Å². The normalized spacial score (nSPS) is 13.0. The van der Waals surface area contributed by atoms with Crippen molar-refractivity contribution in [2.45, 2.75) is 19.9 Å². The molecule has 0 bridgehead atoms. The molecule has 1 heterocycles. The average molecular weight is 330 g/mol. The zero-order valence-electron chi connectivity index (χ0n) is 10.6. The molecule has 3 nitrogen and oxygen atoms in total. The Labute approximate surface area is 118 Å². The van der Waals surface area contributed by atoms with E-state index in [0.717, 1.165) is 12.1 Å². The summed E-state index contributed by atoms with van der Waals surface area (Å²) in [6.45, 7) is 3.92. The van der Waals surface area contributed by atoms with Crippen LogP contribution in [0.15, 0.2) is 29.1 Å². The molecular formula is C13H14BrF2N3. The van der Waals surface area contributed by atoms with Crippen LogP contribution in [0.2, 0.25) is 0 Å². The maximum Gasteiger partial charge on any atom is 0.148 e. The summed E-state index contributed by atoms with van der Waals surface area (Å²) in [5, 5.41) is 0. The van der Waals surface area contributed by atoms with Crippen molar-refractivity contribution in [1.29, 1.82) is 0 Å². The van der Waals surface area contributed by atoms with E-state index in [1.807, 2.05) is 13.8 Å². The molecule has 0 aliphatic carbocycles. The fourth-order valence-corrected chi connectivity index (χ4v) is 2.11. The summed E-state index contributed by atoms with van der Waals surface area (Å²) in [7, 11) is 0. The minimum absolute atomic E-state index is 0.0866. The lowest BCUT2D eigenvalue weighted by atomic mass is 10.0. The van der Waals surface area contributed by atoms with Crippen molar-refractivity contribution >= 4 is 15.9 Å². The molecule has 1 aromatic heterocycles. The second kappa shape index (κ2) is 5.38. The SMILES string of the molecule is CC(C)C(N)c1cncn1-c1cc(F)c(Br)cc1F. The number of nitrogens with two attached hydrogens (primary N) is 1. The standard InChI is InChI=1S/C13H14BrF2N3/c1-7(2)13(17)12-5-18-6-19(12)11-4-9(15)8(14)3-10(11)16/h3-7,13H,17H2,1-2H3. The third-order valence-corrected chi connectivity index (χ3v) is 3.58. The summed E-state index contributed by atoms with van der Waals surface area (Å²) in [6, 6.07) is 1.92. The Morgan fingerprint density at radius 3 is 2.58 bits per heavy atom. The number of imidazole rings is 1. The first kappa shape index (κ1) is 14.1. The molecule has 2 aromatic rings. The lowest BCUT2D eigenvalue weighted by Gasteiger charge is -2.18. The molecule has 1 unspecified atom stereocenters. The zero-order chi connectivity index (χ0) is 14.2. The Morgan fingerprint density at radius 2 is 1.95 bits per heavy atom. The first-order valence-electron chi connectivity index (χ1n) is 5.84. The number of hydrogen-bond donors (Lipinski definition) is 1. The van der Waals surface area contributed by atoms with Gasteiger partial charge in [-0.2, -0.15) is 0 Å². The highest BCUT2D eigenvalue weighted by Gasteiger charge is 2.18. The molecule has 0 saturated heterocycles. The van der Waals surface area contributed by atoms with E-state index in [9.17, 15) is 8.78 Å². The monoisotopic (exact) mass is 329 g/mol. The first-order chi connectivity index (χ1) is 8.91. The minimum atomic E-state index is -0.538. The number of benzene rings is 1. The second-order valence-corrected chi connectivity index (χ2v) is 5.53. The van der Waals surface area contributed by atoms with Crippen molar-refractivity contribution in [1.82, 2.24) is 9.55 Å². The maximum atomic E-state index is 14.0. The van der Waals surface area contributed by atoms with Crippen molar-refractivity contribution in [3.63, 3.8) is 0 Å². The second-order valence-electron chi connectivity index (χ2n) is 4.68. The van der Waals surface area contributed by atoms with Gasteiger partial charge in [0, 0.05) is 12.1 Å². The van der Waals surface area contributed by atoms with E-state index < -0.39 is 11.6 Å². The number of aromatic nitrogens is 2. The Balaban J connectivity index is 2.55. The fraction of sp³-hybridized carbons (Fsp3) is 0.308. The number of halogens is 3. The summed E-state index contributed by atoms with van der Waals surface area (Å²) in [6.07, 6.45) is 3.01. The number of nitrogens with zero attached hydrogens (tertiary/aromatic N) is 2. The van der Waals surface area contributed by atoms with Gasteiger partial charge in [-0.3, -0.25) is 4.57 Å². The third-order valence-electron chi connectivity index (χ3n) is 2.98. The van der Waals surface area contributed by atoms with Crippen LogP contribution in [0.4, 0.5) is 8.78 Å². The van der Waals surface area contributed by atoms with Crippen LogP contribution < -0.4 is 5.73 Å². The Hall–Kier alpha value is -1.27. The lowest BCUT2D eigenvalue weighted by molar-refractivity contribution is 0.493. The summed E-state index contributed by atoms with van der Waals surface area (Å²) >= 11 is 2.95. The minimum Gasteiger partial charge on any atom is -0.322 e. The highest BCUT2D eigenvalue weighted by molar-refractivity contribution is 9.10. The molecule has 0 radical (unpaired) electrons. The Morgan fingerprint density at radius 1 is 1.26 bits per heavy atom. The molecular weight excluding hydrogens is 316 g/mol. The van der Waals surface area contributed by atoms with E-state index in [-0.39, 0.29) is 22.1 Å². The average Bonchev–Trinajstić information content (AvgIpc) is 2.81. The molecule has 0 aliphatic rings. The molecule has 0 amide bonds. The maximum absolute atomic E-state index is 14.0. The smallest absolute Gasteiger partial charge is 0.148 e. The third kappa shape index (κ3) is 2.69. The summed E-state index contributed by atoms with van der Waals surface area (Å²) < 4.78 is 29.1. The molecule has 102 valence electrons. The molecule has 2 rings (SSSR count). The Kier molecular flexibility index (Phi) is 4.01. The molecule has 1 aromatic carbocycles. The molecule has 0 fully saturated rings. The van der Waals surface area contributed by atoms with Crippen molar-refractivity contribution in [3.8, 4) is 5.69 Å². The van der Waals surface area contributed by atoms with Crippen molar-refractivity contribution < 1.29 is 8.78 Å². The summed E-state index contributed by atoms with van der Waals surface area (Å²) in [5.74, 6) is -0.906. The van der Waals surface area contributed by atoms with Crippen LogP contribution in [0.3, 0.4) is 0 Å². The summed E-state index contributed by atoms with van der Waals surface area (Å²) in [4.78, 5) is 3.98. The van der Waals surface area contributed by atoms with Gasteiger partial charge in [-0.1, -0.05) is 13.8 Å². The van der Waals surface area contributed by atoms with Crippen LogP contribution in [0.1, 0.15) is 25.6 Å². The van der Waals surface area contributed by atoms with Crippen LogP contribution in [0, 0.1) is 17.6 Å². The summed E-state index contributed by atoms with van der Waals surface area (Å²) in [5.41, 5.74) is 6.80. The molecule has 19 heavy (non-hydrogen) atoms. The van der Waals surface area contributed by atoms with Gasteiger partial charge in [-0.05, 0) is 27.9 Å². The Bertz CT molecular complexity index is 596. The van der Waals surface area contributed by atoms with Crippen LogP contribution in [0.25, 0.3) is 5.69 Å². The highest BCUT2D eigenvalue weighted by Crippen LogP contribution is 2.26. The van der Waals surface area contributed by atoms with Crippen molar-refractivity contribution in [2.75, 3.05) is 0 Å². The van der Waals surface area contributed by atoms with Crippen molar-refractivity contribution in [3.05, 3.63) is 46.5 Å². The molecule has 6 heteroatoms. The van der Waals surface area contributed by atoms with Gasteiger partial charge in [0.15, 0.2) is 0 Å². The predicted octanol–water partition coefficient (Wildman–Crippen LogP) is 3.57. The number of hydrogen-bond acceptors (Lipinski definition) is 2. The largest absolute Gasteiger partial charge is 0.322 e. The molecule has 0 spiro atoms.